The van der Waals surface area contributed by atoms with Gasteiger partial charge in [0.15, 0.2) is 0 Å². The maximum Gasteiger partial charge on any atom is 0.573 e. The van der Waals surface area contributed by atoms with Crippen molar-refractivity contribution in [1.82, 2.24) is 0 Å². The monoisotopic (exact) mass is 241 g/mol. The molecule has 0 atom stereocenters. The molecule has 15 heavy (non-hydrogen) atoms. The van der Waals surface area contributed by atoms with Crippen molar-refractivity contribution in [3.05, 3.63) is 33.3 Å². The molecule has 0 heterocycles. The summed E-state index contributed by atoms with van der Waals surface area (Å²) in [5.74, 6) is -0.931. The minimum absolute atomic E-state index is 0.415. The molecule has 0 aromatic heterocycles. The van der Waals surface area contributed by atoms with Gasteiger partial charge >= 0.3 is 12.0 Å². The van der Waals surface area contributed by atoms with Crippen molar-refractivity contribution in [2.24, 2.45) is 0 Å². The Labute approximate surface area is 86.4 Å². The van der Waals surface area contributed by atoms with Crippen LogP contribution in [0, 0.1) is 10.1 Å². The quantitative estimate of drug-likeness (QED) is 0.590. The highest BCUT2D eigenvalue weighted by molar-refractivity contribution is 6.32. The van der Waals surface area contributed by atoms with E-state index < -0.39 is 27.7 Å². The maximum absolute atomic E-state index is 11.8. The Morgan fingerprint density at radius 2 is 2.00 bits per heavy atom. The zero-order chi connectivity index (χ0) is 11.6. The van der Waals surface area contributed by atoms with E-state index in [1.165, 1.54) is 0 Å². The predicted octanol–water partition coefficient (Wildman–Crippen LogP) is 3.15. The largest absolute Gasteiger partial charge is 0.573 e. The van der Waals surface area contributed by atoms with Crippen molar-refractivity contribution in [3.8, 4) is 5.75 Å². The molecule has 0 aliphatic heterocycles. The van der Waals surface area contributed by atoms with Crippen LogP contribution in [0.1, 0.15) is 0 Å². The summed E-state index contributed by atoms with van der Waals surface area (Å²) in [6.45, 7) is 0. The highest BCUT2D eigenvalue weighted by Gasteiger charge is 2.35. The second kappa shape index (κ2) is 3.93. The van der Waals surface area contributed by atoms with E-state index in [0.717, 1.165) is 18.2 Å². The van der Waals surface area contributed by atoms with Gasteiger partial charge in [-0.05, 0) is 12.1 Å². The highest BCUT2D eigenvalue weighted by atomic mass is 35.5. The summed E-state index contributed by atoms with van der Waals surface area (Å²) in [6.07, 6.45) is -4.99. The van der Waals surface area contributed by atoms with Gasteiger partial charge in [0, 0.05) is 0 Å². The van der Waals surface area contributed by atoms with E-state index >= 15 is 0 Å². The molecule has 1 aromatic rings. The van der Waals surface area contributed by atoms with E-state index in [2.05, 4.69) is 4.74 Å². The lowest BCUT2D eigenvalue weighted by atomic mass is 10.3. The lowest BCUT2D eigenvalue weighted by Gasteiger charge is -2.09. The standard InChI is InChI=1S/C7H3ClF3NO3/c8-4-2-1-3-5(6(4)12(13)14)15-7(9,10)11/h1-3H. The molecule has 0 N–H and O–H groups in total. The number of nitrogens with zero attached hydrogens (tertiary/aromatic N) is 1. The normalized spacial score (nSPS) is 11.2. The fourth-order valence-corrected chi connectivity index (χ4v) is 1.11. The van der Waals surface area contributed by atoms with E-state index in [0.29, 0.717) is 0 Å². The SMILES string of the molecule is O=[N+]([O-])c1c(Cl)cccc1OC(F)(F)F. The predicted molar refractivity (Wildman–Crippen MR) is 44.8 cm³/mol. The number of halogens is 4. The van der Waals surface area contributed by atoms with Gasteiger partial charge in [-0.1, -0.05) is 17.7 Å². The molecule has 82 valence electrons. The third-order valence-electron chi connectivity index (χ3n) is 1.36. The molecule has 0 radical (unpaired) electrons. The first kappa shape index (κ1) is 11.6. The van der Waals surface area contributed by atoms with Gasteiger partial charge in [0.2, 0.25) is 5.75 Å². The van der Waals surface area contributed by atoms with E-state index in [-0.39, 0.29) is 0 Å². The van der Waals surface area contributed by atoms with Gasteiger partial charge < -0.3 is 4.74 Å². The fraction of sp³-hybridized carbons (Fsp3) is 0.143. The van der Waals surface area contributed by atoms with Gasteiger partial charge in [-0.25, -0.2) is 0 Å². The Bertz CT molecular complexity index is 394. The van der Waals surface area contributed by atoms with E-state index in [9.17, 15) is 23.3 Å². The number of nitro benzene ring substituents is 1. The van der Waals surface area contributed by atoms with Crippen molar-refractivity contribution >= 4 is 17.3 Å². The zero-order valence-corrected chi connectivity index (χ0v) is 7.67. The minimum atomic E-state index is -4.99. The topological polar surface area (TPSA) is 52.4 Å². The Kier molecular flexibility index (Phi) is 3.04. The third-order valence-corrected chi connectivity index (χ3v) is 1.66. The average molecular weight is 242 g/mol. The fourth-order valence-electron chi connectivity index (χ4n) is 0.880. The number of hydrogen-bond acceptors (Lipinski definition) is 3. The molecule has 0 saturated heterocycles. The van der Waals surface area contributed by atoms with Gasteiger partial charge in [0.25, 0.3) is 0 Å². The molecule has 0 amide bonds. The van der Waals surface area contributed by atoms with E-state index in [4.69, 9.17) is 11.6 Å². The highest BCUT2D eigenvalue weighted by Crippen LogP contribution is 2.36. The first-order valence-corrected chi connectivity index (χ1v) is 3.87. The van der Waals surface area contributed by atoms with Crippen molar-refractivity contribution in [3.63, 3.8) is 0 Å². The summed E-state index contributed by atoms with van der Waals surface area (Å²) in [4.78, 5) is 9.36. The molecule has 0 aliphatic rings. The van der Waals surface area contributed by atoms with Gasteiger partial charge in [-0.3, -0.25) is 10.1 Å². The number of para-hydroxylation sites is 1. The third kappa shape index (κ3) is 2.98. The average Bonchev–Trinajstić information content (AvgIpc) is 1.99. The number of rotatable bonds is 2. The smallest absolute Gasteiger partial charge is 0.398 e. The molecule has 0 aliphatic carbocycles. The second-order valence-electron chi connectivity index (χ2n) is 2.39. The summed E-state index contributed by atoms with van der Waals surface area (Å²) in [5, 5.41) is 9.99. The molecule has 0 saturated carbocycles. The molecular formula is C7H3ClF3NO3. The number of benzene rings is 1. The van der Waals surface area contributed by atoms with Gasteiger partial charge in [-0.2, -0.15) is 0 Å². The Hall–Kier alpha value is -1.50. The van der Waals surface area contributed by atoms with Crippen molar-refractivity contribution in [1.29, 1.82) is 0 Å². The summed E-state index contributed by atoms with van der Waals surface area (Å²) >= 11 is 5.36. The zero-order valence-electron chi connectivity index (χ0n) is 6.92. The van der Waals surface area contributed by atoms with Crippen molar-refractivity contribution < 1.29 is 22.8 Å². The Balaban J connectivity index is 3.18. The Morgan fingerprint density at radius 3 is 2.47 bits per heavy atom. The van der Waals surface area contributed by atoms with Crippen LogP contribution in [-0.2, 0) is 0 Å². The minimum Gasteiger partial charge on any atom is -0.398 e. The molecule has 1 aromatic carbocycles. The molecule has 0 spiro atoms. The lowest BCUT2D eigenvalue weighted by Crippen LogP contribution is -2.17. The van der Waals surface area contributed by atoms with Crippen LogP contribution < -0.4 is 4.74 Å². The van der Waals surface area contributed by atoms with Gasteiger partial charge in [0.1, 0.15) is 5.02 Å². The van der Waals surface area contributed by atoms with Crippen LogP contribution in [0.15, 0.2) is 18.2 Å². The molecule has 0 bridgehead atoms. The van der Waals surface area contributed by atoms with Crippen molar-refractivity contribution in [2.45, 2.75) is 6.36 Å². The lowest BCUT2D eigenvalue weighted by molar-refractivity contribution is -0.388. The van der Waals surface area contributed by atoms with Crippen LogP contribution in [-0.4, -0.2) is 11.3 Å². The number of hydrogen-bond donors (Lipinski definition) is 0. The van der Waals surface area contributed by atoms with Crippen LogP contribution in [0.25, 0.3) is 0 Å². The van der Waals surface area contributed by atoms with Crippen LogP contribution >= 0.6 is 11.6 Å². The van der Waals surface area contributed by atoms with Crippen LogP contribution in [0.5, 0.6) is 5.75 Å². The maximum atomic E-state index is 11.8. The number of alkyl halides is 3. The Morgan fingerprint density at radius 1 is 1.40 bits per heavy atom. The van der Waals surface area contributed by atoms with E-state index in [1.54, 1.807) is 0 Å². The first-order valence-electron chi connectivity index (χ1n) is 3.50. The summed E-state index contributed by atoms with van der Waals surface area (Å²) in [6, 6.07) is 3.04. The van der Waals surface area contributed by atoms with Crippen molar-refractivity contribution in [2.75, 3.05) is 0 Å². The second-order valence-corrected chi connectivity index (χ2v) is 2.80. The van der Waals surface area contributed by atoms with Gasteiger partial charge in [-0.15, -0.1) is 13.2 Å². The molecule has 0 fully saturated rings. The summed E-state index contributed by atoms with van der Waals surface area (Å²) < 4.78 is 38.9. The molecular weight excluding hydrogens is 239 g/mol. The van der Waals surface area contributed by atoms with E-state index in [1.807, 2.05) is 0 Å². The first-order chi connectivity index (χ1) is 6.81. The van der Waals surface area contributed by atoms with Gasteiger partial charge in [0.05, 0.1) is 4.92 Å². The van der Waals surface area contributed by atoms with Crippen LogP contribution in [0.3, 0.4) is 0 Å². The van der Waals surface area contributed by atoms with Crippen LogP contribution in [0.4, 0.5) is 18.9 Å². The molecule has 4 nitrogen and oxygen atoms in total. The molecule has 0 unspecified atom stereocenters. The number of ether oxygens (including phenoxy) is 1. The summed E-state index contributed by atoms with van der Waals surface area (Å²) in [7, 11) is 0. The molecule has 8 heteroatoms. The molecule has 1 rings (SSSR count). The number of nitro groups is 1. The summed E-state index contributed by atoms with van der Waals surface area (Å²) in [5.41, 5.74) is -0.906. The van der Waals surface area contributed by atoms with Crippen LogP contribution in [0.2, 0.25) is 5.02 Å².